The summed E-state index contributed by atoms with van der Waals surface area (Å²) in [7, 11) is 0. The third kappa shape index (κ3) is 29.3. The molecule has 0 aliphatic rings. The van der Waals surface area contributed by atoms with Gasteiger partial charge in [0.05, 0.1) is 13.2 Å². The summed E-state index contributed by atoms with van der Waals surface area (Å²) >= 11 is 0. The zero-order valence-corrected chi connectivity index (χ0v) is 21.2. The number of ether oxygens (including phenoxy) is 2. The minimum absolute atomic E-state index is 0. The summed E-state index contributed by atoms with van der Waals surface area (Å²) in [5.41, 5.74) is 0. The van der Waals surface area contributed by atoms with Crippen LogP contribution in [0.15, 0.2) is 0 Å². The fraction of sp³-hybridized carbons (Fsp3) is 0.929. The Hall–Kier alpha value is -0.730. The molecule has 3 heteroatoms. The monoisotopic (exact) mass is 438 g/mol. The van der Waals surface area contributed by atoms with Crippen molar-refractivity contribution in [2.24, 2.45) is 0 Å². The molecule has 0 rings (SSSR count). The van der Waals surface area contributed by atoms with Gasteiger partial charge in [-0.05, 0) is 12.8 Å². The first-order valence-corrected chi connectivity index (χ1v) is 13.6. The Morgan fingerprint density at radius 1 is 0.419 bits per heavy atom. The van der Waals surface area contributed by atoms with Crippen molar-refractivity contribution in [2.75, 3.05) is 13.2 Å². The van der Waals surface area contributed by atoms with Crippen molar-refractivity contribution in [1.82, 2.24) is 0 Å². The molecular formula is C28H54O3. The average Bonchev–Trinajstić information content (AvgIpc) is 2.75. The third-order valence-corrected chi connectivity index (χ3v) is 5.94. The molecule has 0 aromatic heterocycles. The van der Waals surface area contributed by atoms with E-state index in [1.54, 1.807) is 0 Å². The molecule has 0 bridgehead atoms. The van der Waals surface area contributed by atoms with Crippen LogP contribution in [0.1, 0.15) is 155 Å². The van der Waals surface area contributed by atoms with Crippen LogP contribution >= 0.6 is 0 Å². The average molecular weight is 439 g/mol. The quantitative estimate of drug-likeness (QED) is 0.111. The second-order valence-electron chi connectivity index (χ2n) is 9.02. The first kappa shape index (κ1) is 32.4. The Labute approximate surface area is 196 Å². The Kier molecular flexibility index (Phi) is 30.6. The van der Waals surface area contributed by atoms with Crippen LogP contribution in [0, 0.1) is 7.43 Å². The molecule has 0 unspecified atom stereocenters. The fourth-order valence-electron chi connectivity index (χ4n) is 3.89. The summed E-state index contributed by atoms with van der Waals surface area (Å²) < 4.78 is 10.3. The van der Waals surface area contributed by atoms with Crippen LogP contribution in [-0.4, -0.2) is 19.4 Å². The van der Waals surface area contributed by atoms with Gasteiger partial charge in [-0.2, -0.15) is 0 Å². The summed E-state index contributed by atoms with van der Waals surface area (Å²) in [6, 6.07) is 0. The van der Waals surface area contributed by atoms with Gasteiger partial charge in [0.2, 0.25) is 0 Å². The molecule has 3 nitrogen and oxygen atoms in total. The predicted octanol–water partition coefficient (Wildman–Crippen LogP) is 9.84. The molecule has 0 aromatic carbocycles. The molecule has 0 heterocycles. The van der Waals surface area contributed by atoms with Crippen molar-refractivity contribution in [2.45, 2.75) is 155 Å². The molecule has 0 saturated heterocycles. The lowest BCUT2D eigenvalue weighted by molar-refractivity contribution is 0.0529. The van der Waals surface area contributed by atoms with E-state index in [1.165, 1.54) is 116 Å². The van der Waals surface area contributed by atoms with Gasteiger partial charge in [0, 0.05) is 7.43 Å². The van der Waals surface area contributed by atoms with E-state index in [1.807, 2.05) is 0 Å². The second-order valence-corrected chi connectivity index (χ2v) is 9.02. The van der Waals surface area contributed by atoms with Gasteiger partial charge in [-0.15, -0.1) is 0 Å². The van der Waals surface area contributed by atoms with Gasteiger partial charge in [-0.1, -0.05) is 142 Å². The van der Waals surface area contributed by atoms with Gasteiger partial charge in [0.25, 0.3) is 0 Å². The maximum absolute atomic E-state index is 11.6. The standard InChI is InChI=1S/C27H54O3.C/c1-3-5-7-9-11-13-15-17-19-21-23-25-29-27(28)30-26-24-22-20-18-16-14-12-10-8-6-4-2;/h3-26H2,1-2H3;. The summed E-state index contributed by atoms with van der Waals surface area (Å²) in [5, 5.41) is 0. The van der Waals surface area contributed by atoms with E-state index in [2.05, 4.69) is 13.8 Å². The van der Waals surface area contributed by atoms with Crippen LogP contribution in [0.25, 0.3) is 0 Å². The van der Waals surface area contributed by atoms with Crippen molar-refractivity contribution in [3.8, 4) is 0 Å². The molecule has 0 aliphatic carbocycles. The van der Waals surface area contributed by atoms with E-state index in [9.17, 15) is 4.79 Å². The highest BCUT2D eigenvalue weighted by Gasteiger charge is 2.03. The highest BCUT2D eigenvalue weighted by atomic mass is 16.7. The Morgan fingerprint density at radius 2 is 0.645 bits per heavy atom. The lowest BCUT2D eigenvalue weighted by atomic mass is 10.1. The van der Waals surface area contributed by atoms with Gasteiger partial charge in [-0.25, -0.2) is 4.79 Å². The first-order valence-electron chi connectivity index (χ1n) is 13.6. The van der Waals surface area contributed by atoms with Crippen LogP contribution in [0.5, 0.6) is 0 Å². The van der Waals surface area contributed by atoms with E-state index >= 15 is 0 Å². The zero-order chi connectivity index (χ0) is 22.0. The third-order valence-electron chi connectivity index (χ3n) is 5.94. The number of hydrogen-bond acceptors (Lipinski definition) is 3. The minimum atomic E-state index is -0.478. The largest absolute Gasteiger partial charge is 0.508 e. The molecule has 31 heavy (non-hydrogen) atoms. The predicted molar refractivity (Wildman–Crippen MR) is 133 cm³/mol. The molecule has 4 radical (unpaired) electrons. The van der Waals surface area contributed by atoms with Crippen LogP contribution in [0.3, 0.4) is 0 Å². The maximum Gasteiger partial charge on any atom is 0.508 e. The zero-order valence-electron chi connectivity index (χ0n) is 21.2. The van der Waals surface area contributed by atoms with Crippen molar-refractivity contribution in [3.05, 3.63) is 7.43 Å². The number of rotatable bonds is 24. The van der Waals surface area contributed by atoms with Gasteiger partial charge < -0.3 is 9.47 Å². The first-order chi connectivity index (χ1) is 14.8. The minimum Gasteiger partial charge on any atom is -0.434 e. The lowest BCUT2D eigenvalue weighted by Crippen LogP contribution is -2.09. The second kappa shape index (κ2) is 29.3. The molecular weight excluding hydrogens is 384 g/mol. The lowest BCUT2D eigenvalue weighted by Gasteiger charge is -2.07. The van der Waals surface area contributed by atoms with Crippen molar-refractivity contribution < 1.29 is 14.3 Å². The SMILES string of the molecule is CCCCCCCCCCCCCOC(=O)OCCCCCCCCCCCCC.[C]. The molecule has 0 aliphatic heterocycles. The summed E-state index contributed by atoms with van der Waals surface area (Å²) in [4.78, 5) is 11.6. The van der Waals surface area contributed by atoms with Crippen LogP contribution in [0.2, 0.25) is 0 Å². The Balaban J connectivity index is 0. The van der Waals surface area contributed by atoms with Crippen molar-refractivity contribution >= 4 is 6.16 Å². The van der Waals surface area contributed by atoms with E-state index in [0.717, 1.165) is 25.7 Å². The van der Waals surface area contributed by atoms with E-state index in [-0.39, 0.29) is 7.43 Å². The van der Waals surface area contributed by atoms with Crippen LogP contribution < -0.4 is 0 Å². The van der Waals surface area contributed by atoms with E-state index in [4.69, 9.17) is 9.47 Å². The highest BCUT2D eigenvalue weighted by molar-refractivity contribution is 5.59. The summed E-state index contributed by atoms with van der Waals surface area (Å²) in [5.74, 6) is 0. The molecule has 0 fully saturated rings. The van der Waals surface area contributed by atoms with Crippen molar-refractivity contribution in [1.29, 1.82) is 0 Å². The molecule has 0 saturated carbocycles. The Morgan fingerprint density at radius 3 is 0.903 bits per heavy atom. The van der Waals surface area contributed by atoms with Gasteiger partial charge >= 0.3 is 6.16 Å². The number of carbonyl (C=O) groups excluding carboxylic acids is 1. The fourth-order valence-corrected chi connectivity index (χ4v) is 3.89. The van der Waals surface area contributed by atoms with E-state index < -0.39 is 6.16 Å². The Bertz CT molecular complexity index is 300. The van der Waals surface area contributed by atoms with E-state index in [0.29, 0.717) is 13.2 Å². The summed E-state index contributed by atoms with van der Waals surface area (Å²) in [6.07, 6.45) is 28.2. The van der Waals surface area contributed by atoms with Crippen molar-refractivity contribution in [3.63, 3.8) is 0 Å². The maximum atomic E-state index is 11.6. The van der Waals surface area contributed by atoms with Gasteiger partial charge in [0.1, 0.15) is 0 Å². The normalized spacial score (nSPS) is 10.6. The number of hydrogen-bond donors (Lipinski definition) is 0. The van der Waals surface area contributed by atoms with Gasteiger partial charge in [0.15, 0.2) is 0 Å². The highest BCUT2D eigenvalue weighted by Crippen LogP contribution is 2.12. The van der Waals surface area contributed by atoms with Crippen LogP contribution in [0.4, 0.5) is 4.79 Å². The molecule has 0 spiro atoms. The topological polar surface area (TPSA) is 35.5 Å². The molecule has 184 valence electrons. The summed E-state index contributed by atoms with van der Waals surface area (Å²) in [6.45, 7) is 5.55. The number of unbranched alkanes of at least 4 members (excludes halogenated alkanes) is 20. The molecule has 0 amide bonds. The van der Waals surface area contributed by atoms with Crippen LogP contribution in [-0.2, 0) is 9.47 Å². The molecule has 0 N–H and O–H groups in total. The van der Waals surface area contributed by atoms with Gasteiger partial charge in [-0.3, -0.25) is 0 Å². The molecule has 0 aromatic rings. The number of carbonyl (C=O) groups is 1. The smallest absolute Gasteiger partial charge is 0.434 e. The molecule has 0 atom stereocenters.